The lowest BCUT2D eigenvalue weighted by Gasteiger charge is -2.23. The molecule has 0 spiro atoms. The number of aliphatic imine (C=N–C) groups is 2. The molecule has 7 rings (SSSR count). The van der Waals surface area contributed by atoms with Crippen LogP contribution in [0.1, 0.15) is 67.7 Å². The molecule has 0 fully saturated rings. The number of aromatic nitrogens is 1. The molecule has 254 valence electrons. The third-order valence-electron chi connectivity index (χ3n) is 9.42. The molecule has 0 saturated heterocycles. The number of methoxy groups -OCH3 is 2. The van der Waals surface area contributed by atoms with Crippen molar-refractivity contribution in [2.75, 3.05) is 27.4 Å². The van der Waals surface area contributed by atoms with Gasteiger partial charge in [-0.2, -0.15) is 0 Å². The second kappa shape index (κ2) is 14.2. The molecule has 7 nitrogen and oxygen atoms in total. The van der Waals surface area contributed by atoms with Crippen LogP contribution >= 0.6 is 0 Å². The lowest BCUT2D eigenvalue weighted by atomic mass is 9.84. The van der Waals surface area contributed by atoms with Gasteiger partial charge in [-0.1, -0.05) is 89.0 Å². The number of nitrogens with zero attached hydrogens (tertiary/aromatic N) is 3. The number of pyridine rings is 1. The summed E-state index contributed by atoms with van der Waals surface area (Å²) < 4.78 is 23.8. The minimum absolute atomic E-state index is 0.0218. The monoisotopic (exact) mass is 665 g/mol. The molecule has 0 radical (unpaired) electrons. The SMILES string of the molecule is COc1cccc([C@H](c2cc(C)cc(C)c2)C2COC(c3cccc(C4=N[C@@H]([C@@H](c5cc(C)cc(C)c5)c5cccc(OC)c5)CO4)n3)=N2)c1. The first kappa shape index (κ1) is 33.1. The maximum atomic E-state index is 6.29. The van der Waals surface area contributed by atoms with Crippen LogP contribution in [-0.4, -0.2) is 56.3 Å². The fourth-order valence-electron chi connectivity index (χ4n) is 7.40. The summed E-state index contributed by atoms with van der Waals surface area (Å²) in [5.41, 5.74) is 10.8. The molecule has 3 heterocycles. The van der Waals surface area contributed by atoms with Crippen LogP contribution < -0.4 is 9.47 Å². The summed E-state index contributed by atoms with van der Waals surface area (Å²) in [5, 5.41) is 0. The summed E-state index contributed by atoms with van der Waals surface area (Å²) >= 11 is 0. The summed E-state index contributed by atoms with van der Waals surface area (Å²) in [4.78, 5) is 15.3. The van der Waals surface area contributed by atoms with E-state index in [0.717, 1.165) is 22.6 Å². The molecule has 1 aromatic heterocycles. The number of aryl methyl sites for hydroxylation is 4. The van der Waals surface area contributed by atoms with Crippen LogP contribution in [0.3, 0.4) is 0 Å². The van der Waals surface area contributed by atoms with E-state index in [9.17, 15) is 0 Å². The molecular weight excluding hydrogens is 622 g/mol. The second-order valence-electron chi connectivity index (χ2n) is 13.4. The van der Waals surface area contributed by atoms with Gasteiger partial charge < -0.3 is 18.9 Å². The smallest absolute Gasteiger partial charge is 0.235 e. The van der Waals surface area contributed by atoms with E-state index in [1.54, 1.807) is 14.2 Å². The quantitative estimate of drug-likeness (QED) is 0.150. The molecule has 0 amide bonds. The van der Waals surface area contributed by atoms with Crippen LogP contribution in [0.5, 0.6) is 11.5 Å². The molecule has 4 atom stereocenters. The van der Waals surface area contributed by atoms with Gasteiger partial charge in [-0.05, 0) is 86.3 Å². The van der Waals surface area contributed by atoms with Gasteiger partial charge in [0.1, 0.15) is 36.1 Å². The lowest BCUT2D eigenvalue weighted by Crippen LogP contribution is -2.20. The topological polar surface area (TPSA) is 74.5 Å². The lowest BCUT2D eigenvalue weighted by molar-refractivity contribution is 0.306. The number of hydrogen-bond donors (Lipinski definition) is 0. The van der Waals surface area contributed by atoms with Crippen molar-refractivity contribution in [1.82, 2.24) is 4.98 Å². The summed E-state index contributed by atoms with van der Waals surface area (Å²) in [5.74, 6) is 2.63. The van der Waals surface area contributed by atoms with Crippen LogP contribution in [0, 0.1) is 27.7 Å². The van der Waals surface area contributed by atoms with E-state index >= 15 is 0 Å². The molecule has 5 aromatic rings. The molecule has 0 N–H and O–H groups in total. The van der Waals surface area contributed by atoms with Gasteiger partial charge in [-0.3, -0.25) is 0 Å². The van der Waals surface area contributed by atoms with Crippen LogP contribution in [0.2, 0.25) is 0 Å². The number of rotatable bonds is 10. The molecule has 7 heteroatoms. The Balaban J connectivity index is 1.20. The Bertz CT molecular complexity index is 1900. The van der Waals surface area contributed by atoms with E-state index in [1.807, 2.05) is 42.5 Å². The Morgan fingerprint density at radius 3 is 1.32 bits per heavy atom. The third kappa shape index (κ3) is 6.99. The van der Waals surface area contributed by atoms with Gasteiger partial charge in [0.15, 0.2) is 0 Å². The summed E-state index contributed by atoms with van der Waals surface area (Å²) in [6.07, 6.45) is 0. The van der Waals surface area contributed by atoms with Gasteiger partial charge in [-0.25, -0.2) is 15.0 Å². The van der Waals surface area contributed by atoms with E-state index in [4.69, 9.17) is 33.9 Å². The Morgan fingerprint density at radius 1 is 0.520 bits per heavy atom. The first-order chi connectivity index (χ1) is 24.3. The Hall–Kier alpha value is -5.43. The highest BCUT2D eigenvalue weighted by Gasteiger charge is 2.34. The Morgan fingerprint density at radius 2 is 0.920 bits per heavy atom. The summed E-state index contributed by atoms with van der Waals surface area (Å²) in [6, 6.07) is 35.4. The van der Waals surface area contributed by atoms with Gasteiger partial charge in [0.2, 0.25) is 11.8 Å². The van der Waals surface area contributed by atoms with E-state index in [-0.39, 0.29) is 23.9 Å². The molecule has 0 saturated carbocycles. The number of ether oxygens (including phenoxy) is 4. The minimum Gasteiger partial charge on any atom is -0.497 e. The second-order valence-corrected chi connectivity index (χ2v) is 13.4. The average molecular weight is 666 g/mol. The molecule has 1 unspecified atom stereocenters. The summed E-state index contributed by atoms with van der Waals surface area (Å²) in [7, 11) is 3.39. The van der Waals surface area contributed by atoms with Crippen molar-refractivity contribution in [3.05, 3.63) is 159 Å². The standard InChI is InChI=1S/C43H43N3O4/c1-26-16-27(2)19-32(18-26)40(30-10-7-12-34(22-30)47-5)38-24-49-42(45-38)36-14-9-15-37(44-36)43-46-39(25-50-43)41(31-11-8-13-35(23-31)48-6)33-20-28(3)17-29(4)21-33/h7-23,38-41H,24-25H2,1-6H3/t38-,39?,40-,41-/m1/s1. The van der Waals surface area contributed by atoms with Gasteiger partial charge in [0, 0.05) is 11.8 Å². The fourth-order valence-corrected chi connectivity index (χ4v) is 7.40. The average Bonchev–Trinajstić information content (AvgIpc) is 3.79. The van der Waals surface area contributed by atoms with Crippen LogP contribution in [0.25, 0.3) is 0 Å². The van der Waals surface area contributed by atoms with Crippen molar-refractivity contribution in [3.63, 3.8) is 0 Å². The van der Waals surface area contributed by atoms with Crippen molar-refractivity contribution in [2.24, 2.45) is 9.98 Å². The van der Waals surface area contributed by atoms with Crippen molar-refractivity contribution in [1.29, 1.82) is 0 Å². The first-order valence-electron chi connectivity index (χ1n) is 17.1. The largest absolute Gasteiger partial charge is 0.497 e. The zero-order chi connectivity index (χ0) is 34.8. The highest BCUT2D eigenvalue weighted by molar-refractivity contribution is 5.97. The molecule has 0 aliphatic carbocycles. The highest BCUT2D eigenvalue weighted by Crippen LogP contribution is 2.37. The number of hydrogen-bond acceptors (Lipinski definition) is 7. The third-order valence-corrected chi connectivity index (χ3v) is 9.42. The van der Waals surface area contributed by atoms with E-state index in [2.05, 4.69) is 88.4 Å². The van der Waals surface area contributed by atoms with Crippen LogP contribution in [-0.2, 0) is 9.47 Å². The molecule has 4 aromatic carbocycles. The van der Waals surface area contributed by atoms with Crippen molar-refractivity contribution in [3.8, 4) is 11.5 Å². The normalized spacial score (nSPS) is 18.0. The minimum atomic E-state index is -0.144. The molecule has 0 bridgehead atoms. The van der Waals surface area contributed by atoms with Gasteiger partial charge >= 0.3 is 0 Å². The maximum Gasteiger partial charge on any atom is 0.235 e. The highest BCUT2D eigenvalue weighted by atomic mass is 16.5. The summed E-state index contributed by atoms with van der Waals surface area (Å²) in [6.45, 7) is 9.41. The predicted octanol–water partition coefficient (Wildman–Crippen LogP) is 8.29. The maximum absolute atomic E-state index is 6.29. The van der Waals surface area contributed by atoms with Gasteiger partial charge in [0.25, 0.3) is 0 Å². The Labute approximate surface area is 294 Å². The molecular formula is C43H43N3O4. The van der Waals surface area contributed by atoms with Crippen molar-refractivity contribution in [2.45, 2.75) is 51.6 Å². The first-order valence-corrected chi connectivity index (χ1v) is 17.1. The zero-order valence-electron chi connectivity index (χ0n) is 29.5. The van der Waals surface area contributed by atoms with E-state index < -0.39 is 0 Å². The van der Waals surface area contributed by atoms with Crippen LogP contribution in [0.4, 0.5) is 0 Å². The number of benzene rings is 4. The van der Waals surface area contributed by atoms with Gasteiger partial charge in [0.05, 0.1) is 26.3 Å². The van der Waals surface area contributed by atoms with Crippen molar-refractivity contribution >= 4 is 11.8 Å². The molecule has 50 heavy (non-hydrogen) atoms. The van der Waals surface area contributed by atoms with E-state index in [1.165, 1.54) is 33.4 Å². The molecule has 2 aliphatic rings. The van der Waals surface area contributed by atoms with Gasteiger partial charge in [-0.15, -0.1) is 0 Å². The van der Waals surface area contributed by atoms with Crippen LogP contribution in [0.15, 0.2) is 113 Å². The Kier molecular flexibility index (Phi) is 9.40. The predicted molar refractivity (Wildman–Crippen MR) is 198 cm³/mol. The van der Waals surface area contributed by atoms with E-state index in [0.29, 0.717) is 36.4 Å². The molecule has 2 aliphatic heterocycles. The van der Waals surface area contributed by atoms with Crippen molar-refractivity contribution < 1.29 is 18.9 Å². The zero-order valence-corrected chi connectivity index (χ0v) is 29.5. The fraction of sp³-hybridized carbons (Fsp3) is 0.279.